The van der Waals surface area contributed by atoms with E-state index in [4.69, 9.17) is 5.26 Å². The molecule has 1 nitrogen and oxygen atoms in total. The van der Waals surface area contributed by atoms with Gasteiger partial charge in [-0.3, -0.25) is 0 Å². The molecule has 2 rings (SSSR count). The number of unbranched alkanes of at least 4 members (excludes halogenated alkanes) is 1. The highest BCUT2D eigenvalue weighted by Gasteiger charge is 2.20. The van der Waals surface area contributed by atoms with Crippen LogP contribution in [-0.2, 0) is 12.8 Å². The lowest BCUT2D eigenvalue weighted by molar-refractivity contribution is 0.250. The second-order valence-corrected chi connectivity index (χ2v) is 8.33. The first kappa shape index (κ1) is 22.4. The van der Waals surface area contributed by atoms with Crippen molar-refractivity contribution in [2.45, 2.75) is 84.0 Å². The minimum Gasteiger partial charge on any atom is -0.195 e. The summed E-state index contributed by atoms with van der Waals surface area (Å²) in [6.07, 6.45) is 20.2. The smallest absolute Gasteiger partial charge is 0.195 e. The molecule has 1 fully saturated rings. The molecule has 0 aromatic heterocycles. The fraction of sp³-hybridized carbons (Fsp3) is 0.577. The molecule has 1 aromatic rings. The fourth-order valence-corrected chi connectivity index (χ4v) is 4.35. The summed E-state index contributed by atoms with van der Waals surface area (Å²) >= 11 is 0. The predicted molar refractivity (Wildman–Crippen MR) is 117 cm³/mol. The van der Waals surface area contributed by atoms with Gasteiger partial charge in [-0.1, -0.05) is 88.3 Å². The average molecular weight is 382 g/mol. The Hall–Kier alpha value is -1.88. The van der Waals surface area contributed by atoms with Gasteiger partial charge in [-0.15, -0.1) is 0 Å². The van der Waals surface area contributed by atoms with E-state index in [0.29, 0.717) is 0 Å². The van der Waals surface area contributed by atoms with E-state index in [1.54, 1.807) is 6.08 Å². The topological polar surface area (TPSA) is 23.8 Å². The second-order valence-electron chi connectivity index (χ2n) is 8.33. The first-order chi connectivity index (χ1) is 13.7. The van der Waals surface area contributed by atoms with Crippen molar-refractivity contribution in [3.63, 3.8) is 0 Å². The monoisotopic (exact) mass is 381 g/mol. The molecule has 0 atom stereocenters. The third kappa shape index (κ3) is 8.87. The summed E-state index contributed by atoms with van der Waals surface area (Å²) < 4.78 is 12.7. The molecule has 0 bridgehead atoms. The van der Waals surface area contributed by atoms with Crippen LogP contribution in [0, 0.1) is 23.2 Å². The molecule has 0 aliphatic heterocycles. The van der Waals surface area contributed by atoms with Gasteiger partial charge in [-0.25, -0.2) is 0 Å². The molecule has 1 aromatic carbocycles. The largest absolute Gasteiger partial charge is 0.199 e. The van der Waals surface area contributed by atoms with Crippen molar-refractivity contribution in [2.75, 3.05) is 0 Å². The second kappa shape index (κ2) is 13.3. The predicted octanol–water partition coefficient (Wildman–Crippen LogP) is 7.87. The number of hydrogen-bond donors (Lipinski definition) is 0. The molecule has 0 radical (unpaired) electrons. The highest BCUT2D eigenvalue weighted by Crippen LogP contribution is 2.34. The summed E-state index contributed by atoms with van der Waals surface area (Å²) in [4.78, 5) is 0. The van der Waals surface area contributed by atoms with Crippen LogP contribution in [0.3, 0.4) is 0 Å². The quantitative estimate of drug-likeness (QED) is 0.217. The number of hydrogen-bond acceptors (Lipinski definition) is 1. The zero-order valence-corrected chi connectivity index (χ0v) is 17.5. The summed E-state index contributed by atoms with van der Waals surface area (Å²) in [5.74, 6) is 1.03. The van der Waals surface area contributed by atoms with Crippen LogP contribution in [0.5, 0.6) is 0 Å². The molecule has 0 N–H and O–H groups in total. The van der Waals surface area contributed by atoms with E-state index in [2.05, 4.69) is 31.2 Å². The van der Waals surface area contributed by atoms with Crippen LogP contribution in [0.25, 0.3) is 0 Å². The Labute approximate surface area is 171 Å². The molecule has 28 heavy (non-hydrogen) atoms. The molecule has 0 amide bonds. The Morgan fingerprint density at radius 3 is 2.21 bits per heavy atom. The number of nitriles is 1. The van der Waals surface area contributed by atoms with Crippen LogP contribution in [0.4, 0.5) is 4.39 Å². The number of aryl methyl sites for hydroxylation is 2. The third-order valence-corrected chi connectivity index (χ3v) is 6.08. The summed E-state index contributed by atoms with van der Waals surface area (Å²) in [6, 6.07) is 10.7. The Morgan fingerprint density at radius 2 is 1.61 bits per heavy atom. The number of halogens is 1. The summed E-state index contributed by atoms with van der Waals surface area (Å²) in [6.45, 7) is 2.23. The molecule has 0 saturated heterocycles. The highest BCUT2D eigenvalue weighted by atomic mass is 19.1. The van der Waals surface area contributed by atoms with Crippen LogP contribution < -0.4 is 0 Å². The van der Waals surface area contributed by atoms with Gasteiger partial charge in [0.05, 0.1) is 0 Å². The maximum absolute atomic E-state index is 12.7. The Morgan fingerprint density at radius 1 is 1.00 bits per heavy atom. The van der Waals surface area contributed by atoms with Crippen molar-refractivity contribution in [3.05, 3.63) is 59.4 Å². The first-order valence-corrected chi connectivity index (χ1v) is 11.2. The summed E-state index contributed by atoms with van der Waals surface area (Å²) in [5, 5.41) is 8.36. The van der Waals surface area contributed by atoms with Crippen molar-refractivity contribution in [1.82, 2.24) is 0 Å². The van der Waals surface area contributed by atoms with Crippen molar-refractivity contribution < 1.29 is 4.39 Å². The van der Waals surface area contributed by atoms with E-state index in [1.807, 2.05) is 6.08 Å². The lowest BCUT2D eigenvalue weighted by Crippen LogP contribution is -2.14. The molecule has 1 aliphatic rings. The van der Waals surface area contributed by atoms with Crippen LogP contribution in [0.15, 0.2) is 48.3 Å². The number of nitrogens with zero attached hydrogens (tertiary/aromatic N) is 1. The van der Waals surface area contributed by atoms with Crippen molar-refractivity contribution in [2.24, 2.45) is 11.8 Å². The van der Waals surface area contributed by atoms with Crippen LogP contribution in [0.2, 0.25) is 0 Å². The molecule has 152 valence electrons. The molecular weight excluding hydrogens is 345 g/mol. The first-order valence-electron chi connectivity index (χ1n) is 11.2. The molecule has 1 aliphatic carbocycles. The zero-order valence-electron chi connectivity index (χ0n) is 17.5. The highest BCUT2D eigenvalue weighted by molar-refractivity contribution is 5.22. The van der Waals surface area contributed by atoms with E-state index < -0.39 is 5.83 Å². The Balaban J connectivity index is 1.53. The normalized spacial score (nSPS) is 20.4. The minimum atomic E-state index is -0.717. The Bertz CT molecular complexity index is 642. The van der Waals surface area contributed by atoms with E-state index in [-0.39, 0.29) is 0 Å². The van der Waals surface area contributed by atoms with E-state index in [0.717, 1.165) is 18.3 Å². The van der Waals surface area contributed by atoms with Gasteiger partial charge in [-0.2, -0.15) is 9.65 Å². The van der Waals surface area contributed by atoms with Crippen LogP contribution in [0.1, 0.15) is 82.3 Å². The lowest BCUT2D eigenvalue weighted by Gasteiger charge is -2.28. The standard InChI is InChI=1S/C26H36FN/c1-2-8-22-13-15-24(16-14-22)10-6-7-11-25-19-17-23(18-20-25)9-4-3-5-12-26(27)21-28/h3,5,12-16,23,25H,2,4,6-11,17-20H2,1H3/b5-3+,26-12-/t23-,25-. The maximum atomic E-state index is 12.7. The summed E-state index contributed by atoms with van der Waals surface area (Å²) in [5.41, 5.74) is 2.95. The Kier molecular flexibility index (Phi) is 10.7. The minimum absolute atomic E-state index is 0.717. The van der Waals surface area contributed by atoms with Gasteiger partial charge in [0.15, 0.2) is 5.83 Å². The van der Waals surface area contributed by atoms with Gasteiger partial charge >= 0.3 is 0 Å². The van der Waals surface area contributed by atoms with Crippen molar-refractivity contribution in [1.29, 1.82) is 5.26 Å². The van der Waals surface area contributed by atoms with Gasteiger partial charge in [-0.05, 0) is 61.1 Å². The summed E-state index contributed by atoms with van der Waals surface area (Å²) in [7, 11) is 0. The SMILES string of the molecule is CCCc1ccc(CCCC[C@H]2CC[C@H](CC/C=C/C=C(\F)C#N)CC2)cc1. The van der Waals surface area contributed by atoms with Gasteiger partial charge in [0.1, 0.15) is 6.07 Å². The molecule has 0 spiro atoms. The third-order valence-electron chi connectivity index (χ3n) is 6.08. The molecule has 0 unspecified atom stereocenters. The number of allylic oxidation sites excluding steroid dienone is 4. The van der Waals surface area contributed by atoms with Crippen molar-refractivity contribution >= 4 is 0 Å². The van der Waals surface area contributed by atoms with E-state index in [1.165, 1.54) is 93.9 Å². The lowest BCUT2D eigenvalue weighted by atomic mass is 9.78. The molecular formula is C26H36FN. The van der Waals surface area contributed by atoms with Crippen LogP contribution >= 0.6 is 0 Å². The van der Waals surface area contributed by atoms with Gasteiger partial charge in [0, 0.05) is 0 Å². The molecule has 0 heterocycles. The molecule has 1 saturated carbocycles. The van der Waals surface area contributed by atoms with Crippen molar-refractivity contribution in [3.8, 4) is 6.07 Å². The number of benzene rings is 1. The van der Waals surface area contributed by atoms with Crippen LogP contribution in [-0.4, -0.2) is 0 Å². The average Bonchev–Trinajstić information content (AvgIpc) is 2.73. The van der Waals surface area contributed by atoms with Gasteiger partial charge < -0.3 is 0 Å². The van der Waals surface area contributed by atoms with Gasteiger partial charge in [0.2, 0.25) is 0 Å². The van der Waals surface area contributed by atoms with E-state index >= 15 is 0 Å². The number of rotatable bonds is 11. The zero-order chi connectivity index (χ0) is 20.0. The molecule has 2 heteroatoms. The van der Waals surface area contributed by atoms with E-state index in [9.17, 15) is 4.39 Å². The van der Waals surface area contributed by atoms with Gasteiger partial charge in [0.25, 0.3) is 0 Å². The maximum Gasteiger partial charge on any atom is 0.199 e. The fourth-order valence-electron chi connectivity index (χ4n) is 4.35.